The van der Waals surface area contributed by atoms with Crippen molar-refractivity contribution < 1.29 is 44.8 Å². The zero-order valence-electron chi connectivity index (χ0n) is 22.8. The van der Waals surface area contributed by atoms with Gasteiger partial charge in [-0.1, -0.05) is 25.5 Å². The second kappa shape index (κ2) is 8.94. The van der Waals surface area contributed by atoms with Gasteiger partial charge in [-0.3, -0.25) is 0 Å². The Morgan fingerprint density at radius 3 is 2.43 bits per heavy atom. The number of aliphatic hydroxyl groups is 6. The third-order valence-electron chi connectivity index (χ3n) is 11.6. The molecular formula is C28H46O9. The molecule has 0 amide bonds. The first-order valence-corrected chi connectivity index (χ1v) is 13.9. The molecule has 9 nitrogen and oxygen atoms in total. The molecule has 37 heavy (non-hydrogen) atoms. The molecule has 0 aromatic heterocycles. The van der Waals surface area contributed by atoms with Crippen LogP contribution in [0.5, 0.6) is 0 Å². The SMILES string of the molecule is COC1CC(OC2CCC3(C)C(=CCC4(O)C3CC(O)C3(C)C(O)(C(C)O)CCC43O)C2)OC(C)C1O. The summed E-state index contributed by atoms with van der Waals surface area (Å²) in [4.78, 5) is 0. The molecule has 1 saturated heterocycles. The van der Waals surface area contributed by atoms with Crippen molar-refractivity contribution in [3.05, 3.63) is 11.6 Å². The fourth-order valence-electron chi connectivity index (χ4n) is 9.02. The molecule has 0 aromatic rings. The Kier molecular flexibility index (Phi) is 6.75. The maximum Gasteiger partial charge on any atom is 0.161 e. The largest absolute Gasteiger partial charge is 0.392 e. The van der Waals surface area contributed by atoms with Crippen molar-refractivity contribution in [2.45, 2.75) is 139 Å². The highest BCUT2D eigenvalue weighted by Crippen LogP contribution is 2.70. The number of rotatable bonds is 4. The van der Waals surface area contributed by atoms with Crippen molar-refractivity contribution in [3.8, 4) is 0 Å². The van der Waals surface area contributed by atoms with Gasteiger partial charge in [0.1, 0.15) is 22.9 Å². The minimum absolute atomic E-state index is 0.0934. The van der Waals surface area contributed by atoms with Crippen molar-refractivity contribution in [3.63, 3.8) is 0 Å². The van der Waals surface area contributed by atoms with Crippen LogP contribution in [0.2, 0.25) is 0 Å². The van der Waals surface area contributed by atoms with Crippen LogP contribution in [0, 0.1) is 16.7 Å². The zero-order chi connectivity index (χ0) is 27.2. The van der Waals surface area contributed by atoms with E-state index in [4.69, 9.17) is 14.2 Å². The van der Waals surface area contributed by atoms with Crippen molar-refractivity contribution in [1.82, 2.24) is 0 Å². The molecule has 0 spiro atoms. The summed E-state index contributed by atoms with van der Waals surface area (Å²) >= 11 is 0. The first-order chi connectivity index (χ1) is 17.2. The monoisotopic (exact) mass is 526 g/mol. The van der Waals surface area contributed by atoms with Crippen LogP contribution in [-0.2, 0) is 14.2 Å². The number of aliphatic hydroxyl groups excluding tert-OH is 3. The van der Waals surface area contributed by atoms with E-state index >= 15 is 0 Å². The zero-order valence-corrected chi connectivity index (χ0v) is 22.8. The van der Waals surface area contributed by atoms with E-state index in [9.17, 15) is 30.6 Å². The van der Waals surface area contributed by atoms with Crippen molar-refractivity contribution in [2.75, 3.05) is 7.11 Å². The number of hydrogen-bond donors (Lipinski definition) is 6. The van der Waals surface area contributed by atoms with Crippen LogP contribution < -0.4 is 0 Å². The lowest BCUT2D eigenvalue weighted by molar-refractivity contribution is -0.326. The first-order valence-electron chi connectivity index (χ1n) is 13.9. The van der Waals surface area contributed by atoms with Gasteiger partial charge in [0.15, 0.2) is 6.29 Å². The third kappa shape index (κ3) is 3.55. The predicted octanol–water partition coefficient (Wildman–Crippen LogP) is 1.16. The number of ether oxygens (including phenoxy) is 3. The number of hydrogen-bond acceptors (Lipinski definition) is 9. The molecule has 212 valence electrons. The van der Waals surface area contributed by atoms with Gasteiger partial charge in [-0.25, -0.2) is 0 Å². The third-order valence-corrected chi connectivity index (χ3v) is 11.6. The maximum atomic E-state index is 12.3. The topological polar surface area (TPSA) is 149 Å². The highest BCUT2D eigenvalue weighted by Gasteiger charge is 2.80. The molecule has 4 fully saturated rings. The van der Waals surface area contributed by atoms with E-state index in [1.807, 2.05) is 13.0 Å². The molecule has 3 saturated carbocycles. The van der Waals surface area contributed by atoms with Crippen molar-refractivity contribution in [1.29, 1.82) is 0 Å². The summed E-state index contributed by atoms with van der Waals surface area (Å²) in [6.45, 7) is 7.01. The maximum absolute atomic E-state index is 12.3. The molecule has 9 heteroatoms. The lowest BCUT2D eigenvalue weighted by Gasteiger charge is -2.67. The molecule has 1 aliphatic heterocycles. The van der Waals surface area contributed by atoms with E-state index in [1.54, 1.807) is 14.0 Å². The van der Waals surface area contributed by atoms with Crippen LogP contribution >= 0.6 is 0 Å². The average Bonchev–Trinajstić information content (AvgIpc) is 3.08. The van der Waals surface area contributed by atoms with Crippen LogP contribution in [0.15, 0.2) is 11.6 Å². The second-order valence-corrected chi connectivity index (χ2v) is 13.0. The second-order valence-electron chi connectivity index (χ2n) is 13.0. The van der Waals surface area contributed by atoms with E-state index in [2.05, 4.69) is 6.92 Å². The summed E-state index contributed by atoms with van der Waals surface area (Å²) in [5, 5.41) is 68.1. The Hall–Kier alpha value is -0.620. The summed E-state index contributed by atoms with van der Waals surface area (Å²) in [5.74, 6) is -0.413. The van der Waals surface area contributed by atoms with E-state index < -0.39 is 64.3 Å². The van der Waals surface area contributed by atoms with Gasteiger partial charge in [0.2, 0.25) is 0 Å². The molecule has 13 unspecified atom stereocenters. The van der Waals surface area contributed by atoms with E-state index in [1.165, 1.54) is 6.92 Å². The quantitative estimate of drug-likeness (QED) is 0.297. The van der Waals surface area contributed by atoms with Crippen LogP contribution in [-0.4, -0.2) is 97.5 Å². The van der Waals surface area contributed by atoms with Crippen LogP contribution in [0.3, 0.4) is 0 Å². The molecule has 0 radical (unpaired) electrons. The highest BCUT2D eigenvalue weighted by molar-refractivity contribution is 5.36. The fourth-order valence-corrected chi connectivity index (χ4v) is 9.02. The minimum atomic E-state index is -1.76. The van der Waals surface area contributed by atoms with Gasteiger partial charge in [0, 0.05) is 19.4 Å². The van der Waals surface area contributed by atoms with Crippen LogP contribution in [0.25, 0.3) is 0 Å². The Morgan fingerprint density at radius 2 is 1.78 bits per heavy atom. The highest BCUT2D eigenvalue weighted by atomic mass is 16.7. The molecule has 6 N–H and O–H groups in total. The molecule has 5 aliphatic rings. The predicted molar refractivity (Wildman–Crippen MR) is 133 cm³/mol. The minimum Gasteiger partial charge on any atom is -0.392 e. The molecule has 5 rings (SSSR count). The smallest absolute Gasteiger partial charge is 0.161 e. The summed E-state index contributed by atoms with van der Waals surface area (Å²) < 4.78 is 17.7. The molecule has 0 aromatic carbocycles. The molecular weight excluding hydrogens is 480 g/mol. The van der Waals surface area contributed by atoms with E-state index in [0.717, 1.165) is 12.0 Å². The lowest BCUT2D eigenvalue weighted by atomic mass is 9.42. The fraction of sp³-hybridized carbons (Fsp3) is 0.929. The van der Waals surface area contributed by atoms with E-state index in [-0.39, 0.29) is 37.9 Å². The normalized spacial score (nSPS) is 56.6. The Bertz CT molecular complexity index is 925. The van der Waals surface area contributed by atoms with E-state index in [0.29, 0.717) is 19.3 Å². The van der Waals surface area contributed by atoms with Crippen molar-refractivity contribution >= 4 is 0 Å². The van der Waals surface area contributed by atoms with Crippen LogP contribution in [0.1, 0.15) is 79.1 Å². The van der Waals surface area contributed by atoms with Gasteiger partial charge in [-0.05, 0) is 64.2 Å². The van der Waals surface area contributed by atoms with Crippen molar-refractivity contribution in [2.24, 2.45) is 16.7 Å². The molecule has 4 aliphatic carbocycles. The summed E-state index contributed by atoms with van der Waals surface area (Å²) in [6.07, 6.45) is 0.902. The van der Waals surface area contributed by atoms with Gasteiger partial charge in [0.05, 0.1) is 35.9 Å². The summed E-state index contributed by atoms with van der Waals surface area (Å²) in [7, 11) is 1.58. The van der Waals surface area contributed by atoms with Gasteiger partial charge >= 0.3 is 0 Å². The van der Waals surface area contributed by atoms with Gasteiger partial charge in [0.25, 0.3) is 0 Å². The van der Waals surface area contributed by atoms with Gasteiger partial charge in [-0.15, -0.1) is 0 Å². The van der Waals surface area contributed by atoms with Crippen LogP contribution in [0.4, 0.5) is 0 Å². The average molecular weight is 527 g/mol. The van der Waals surface area contributed by atoms with Gasteiger partial charge < -0.3 is 44.8 Å². The molecule has 13 atom stereocenters. The molecule has 1 heterocycles. The Labute approximate surface area is 219 Å². The number of methoxy groups -OCH3 is 1. The number of fused-ring (bicyclic) bond motifs is 5. The molecule has 0 bridgehead atoms. The first kappa shape index (κ1) is 27.9. The Balaban J connectivity index is 1.39. The summed E-state index contributed by atoms with van der Waals surface area (Å²) in [6, 6.07) is 0. The standard InChI is InChI=1S/C28H46O9/c1-15-23(31)19(35-5)13-22(36-15)37-18-7-8-24(3)17(12-18)6-9-27(33)20(24)14-21(30)25(4)26(32,16(2)29)10-11-28(25,27)34/h6,15-16,18-23,29-34H,7-14H2,1-5H3. The summed E-state index contributed by atoms with van der Waals surface area (Å²) in [5.41, 5.74) is -5.79. The lowest BCUT2D eigenvalue weighted by Crippen LogP contribution is -2.78. The Morgan fingerprint density at radius 1 is 1.08 bits per heavy atom. The van der Waals surface area contributed by atoms with Gasteiger partial charge in [-0.2, -0.15) is 0 Å².